The van der Waals surface area contributed by atoms with Crippen molar-refractivity contribution in [1.82, 2.24) is 10.2 Å². The lowest BCUT2D eigenvalue weighted by Gasteiger charge is -2.47. The van der Waals surface area contributed by atoms with Crippen LogP contribution in [0.3, 0.4) is 0 Å². The lowest BCUT2D eigenvalue weighted by atomic mass is 9.63. The fourth-order valence-corrected chi connectivity index (χ4v) is 5.51. The third kappa shape index (κ3) is 4.22. The van der Waals surface area contributed by atoms with E-state index in [1.54, 1.807) is 6.92 Å². The van der Waals surface area contributed by atoms with Gasteiger partial charge in [0.05, 0.1) is 6.04 Å². The number of likely N-dealkylation sites (tertiary alicyclic amines) is 1. The minimum absolute atomic E-state index is 0. The van der Waals surface area contributed by atoms with Crippen molar-refractivity contribution in [2.24, 2.45) is 5.92 Å². The minimum atomic E-state index is 0. The van der Waals surface area contributed by atoms with Crippen LogP contribution in [0.15, 0.2) is 24.3 Å². The van der Waals surface area contributed by atoms with Gasteiger partial charge in [-0.3, -0.25) is 4.79 Å². The Morgan fingerprint density at radius 1 is 1.19 bits per heavy atom. The predicted molar refractivity (Wildman–Crippen MR) is 110 cm³/mol. The van der Waals surface area contributed by atoms with Gasteiger partial charge >= 0.3 is 0 Å². The SMILES string of the molecule is CC(=O)NC1CCC2(CCN(CCC3CCOCC3)CC2)c2ccccc21.[HH]. The number of nitrogens with zero attached hydrogens (tertiary/aromatic N) is 1. The van der Waals surface area contributed by atoms with Gasteiger partial charge in [-0.1, -0.05) is 24.3 Å². The Bertz CT molecular complexity index is 652. The molecule has 150 valence electrons. The summed E-state index contributed by atoms with van der Waals surface area (Å²) in [6.45, 7) is 7.21. The summed E-state index contributed by atoms with van der Waals surface area (Å²) in [6.07, 6.45) is 8.60. The smallest absolute Gasteiger partial charge is 0.217 e. The molecule has 1 spiro atoms. The Labute approximate surface area is 165 Å². The molecule has 0 bridgehead atoms. The Balaban J connectivity index is 0.00000225. The molecule has 0 saturated carbocycles. The van der Waals surface area contributed by atoms with Gasteiger partial charge in [-0.2, -0.15) is 0 Å². The first kappa shape index (κ1) is 18.9. The molecule has 2 aliphatic heterocycles. The number of ether oxygens (including phenoxy) is 1. The number of carbonyl (C=O) groups is 1. The van der Waals surface area contributed by atoms with Crippen molar-refractivity contribution in [3.05, 3.63) is 35.4 Å². The second-order valence-electron chi connectivity index (χ2n) is 8.85. The number of nitrogens with one attached hydrogen (secondary N) is 1. The van der Waals surface area contributed by atoms with E-state index in [9.17, 15) is 4.79 Å². The molecule has 1 aromatic carbocycles. The molecule has 27 heavy (non-hydrogen) atoms. The zero-order valence-corrected chi connectivity index (χ0v) is 16.7. The monoisotopic (exact) mass is 372 g/mol. The van der Waals surface area contributed by atoms with Crippen LogP contribution in [0.1, 0.15) is 70.5 Å². The summed E-state index contributed by atoms with van der Waals surface area (Å²) in [6, 6.07) is 9.04. The van der Waals surface area contributed by atoms with Crippen molar-refractivity contribution < 1.29 is 11.0 Å². The summed E-state index contributed by atoms with van der Waals surface area (Å²) < 4.78 is 5.49. The molecule has 2 heterocycles. The summed E-state index contributed by atoms with van der Waals surface area (Å²) >= 11 is 0. The van der Waals surface area contributed by atoms with Gasteiger partial charge < -0.3 is 15.0 Å². The number of carbonyl (C=O) groups excluding carboxylic acids is 1. The molecule has 4 rings (SSSR count). The topological polar surface area (TPSA) is 41.6 Å². The third-order valence-corrected chi connectivity index (χ3v) is 7.20. The van der Waals surface area contributed by atoms with Crippen LogP contribution >= 0.6 is 0 Å². The van der Waals surface area contributed by atoms with Crippen LogP contribution < -0.4 is 5.32 Å². The average Bonchev–Trinajstić information content (AvgIpc) is 2.71. The van der Waals surface area contributed by atoms with Gasteiger partial charge in [-0.15, -0.1) is 0 Å². The van der Waals surface area contributed by atoms with E-state index in [-0.39, 0.29) is 13.4 Å². The van der Waals surface area contributed by atoms with Crippen molar-refractivity contribution in [3.8, 4) is 0 Å². The van der Waals surface area contributed by atoms with Crippen LogP contribution in [0.25, 0.3) is 0 Å². The molecule has 1 aliphatic carbocycles. The summed E-state index contributed by atoms with van der Waals surface area (Å²) in [7, 11) is 0. The summed E-state index contributed by atoms with van der Waals surface area (Å²) in [5, 5.41) is 3.17. The van der Waals surface area contributed by atoms with E-state index in [0.29, 0.717) is 5.41 Å². The number of amides is 1. The Kier molecular flexibility index (Phi) is 5.84. The highest BCUT2D eigenvalue weighted by molar-refractivity contribution is 5.73. The molecule has 1 unspecified atom stereocenters. The van der Waals surface area contributed by atoms with Crippen LogP contribution in [0.5, 0.6) is 0 Å². The van der Waals surface area contributed by atoms with Crippen LogP contribution in [0.2, 0.25) is 0 Å². The quantitative estimate of drug-likeness (QED) is 0.867. The van der Waals surface area contributed by atoms with E-state index in [0.717, 1.165) is 25.6 Å². The van der Waals surface area contributed by atoms with Crippen LogP contribution in [-0.2, 0) is 14.9 Å². The lowest BCUT2D eigenvalue weighted by molar-refractivity contribution is -0.119. The van der Waals surface area contributed by atoms with Crippen molar-refractivity contribution in [2.75, 3.05) is 32.8 Å². The van der Waals surface area contributed by atoms with E-state index in [1.165, 1.54) is 69.3 Å². The van der Waals surface area contributed by atoms with Gasteiger partial charge in [0.1, 0.15) is 0 Å². The molecule has 1 aromatic rings. The average molecular weight is 373 g/mol. The van der Waals surface area contributed by atoms with Crippen LogP contribution in [0.4, 0.5) is 0 Å². The molecule has 4 heteroatoms. The Morgan fingerprint density at radius 2 is 1.93 bits per heavy atom. The summed E-state index contributed by atoms with van der Waals surface area (Å²) in [5.74, 6) is 0.942. The standard InChI is InChI=1S/C23H34N2O2.H2/c1-18(26)24-22-6-10-23(21-5-3-2-4-20(21)22)11-14-25(15-12-23)13-7-19-8-16-27-17-9-19;/h2-5,19,22H,6-17H2,1H3,(H,24,26);1H. The normalized spacial score (nSPS) is 25.9. The first-order valence-corrected chi connectivity index (χ1v) is 10.8. The highest BCUT2D eigenvalue weighted by Crippen LogP contribution is 2.47. The van der Waals surface area contributed by atoms with Crippen molar-refractivity contribution in [3.63, 3.8) is 0 Å². The van der Waals surface area contributed by atoms with Gasteiger partial charge in [-0.25, -0.2) is 0 Å². The maximum atomic E-state index is 11.6. The van der Waals surface area contributed by atoms with Crippen LogP contribution in [-0.4, -0.2) is 43.7 Å². The third-order valence-electron chi connectivity index (χ3n) is 7.20. The summed E-state index contributed by atoms with van der Waals surface area (Å²) in [4.78, 5) is 14.3. The molecule has 3 aliphatic rings. The molecule has 4 nitrogen and oxygen atoms in total. The largest absolute Gasteiger partial charge is 0.381 e. The number of rotatable bonds is 4. The van der Waals surface area contributed by atoms with Gasteiger partial charge in [0.2, 0.25) is 5.91 Å². The van der Waals surface area contributed by atoms with Gasteiger partial charge in [0, 0.05) is 21.6 Å². The molecule has 2 saturated heterocycles. The molecule has 0 radical (unpaired) electrons. The molecule has 2 fully saturated rings. The highest BCUT2D eigenvalue weighted by atomic mass is 16.5. The fraction of sp³-hybridized carbons (Fsp3) is 0.696. The molecular formula is C23H36N2O2. The van der Waals surface area contributed by atoms with E-state index in [4.69, 9.17) is 4.74 Å². The number of piperidine rings is 1. The zero-order chi connectivity index (χ0) is 18.7. The molecular weight excluding hydrogens is 336 g/mol. The maximum absolute atomic E-state index is 11.6. The molecule has 1 amide bonds. The number of benzene rings is 1. The van der Waals surface area contributed by atoms with E-state index < -0.39 is 0 Å². The second kappa shape index (κ2) is 8.32. The fourth-order valence-electron chi connectivity index (χ4n) is 5.51. The predicted octanol–water partition coefficient (Wildman–Crippen LogP) is 4.05. The Morgan fingerprint density at radius 3 is 2.67 bits per heavy atom. The van der Waals surface area contributed by atoms with E-state index in [2.05, 4.69) is 34.5 Å². The van der Waals surface area contributed by atoms with Gasteiger partial charge in [0.15, 0.2) is 0 Å². The van der Waals surface area contributed by atoms with Crippen LogP contribution in [0, 0.1) is 5.92 Å². The highest BCUT2D eigenvalue weighted by Gasteiger charge is 2.41. The van der Waals surface area contributed by atoms with Crippen molar-refractivity contribution in [2.45, 2.75) is 63.3 Å². The molecule has 1 N–H and O–H groups in total. The Hall–Kier alpha value is -1.39. The van der Waals surface area contributed by atoms with E-state index in [1.807, 2.05) is 0 Å². The van der Waals surface area contributed by atoms with Gasteiger partial charge in [0.25, 0.3) is 0 Å². The van der Waals surface area contributed by atoms with Crippen molar-refractivity contribution in [1.29, 1.82) is 0 Å². The summed E-state index contributed by atoms with van der Waals surface area (Å²) in [5.41, 5.74) is 3.18. The minimum Gasteiger partial charge on any atom is -0.381 e. The first-order valence-electron chi connectivity index (χ1n) is 10.8. The maximum Gasteiger partial charge on any atom is 0.217 e. The number of fused-ring (bicyclic) bond motifs is 2. The first-order chi connectivity index (χ1) is 13.2. The number of hydrogen-bond acceptors (Lipinski definition) is 3. The molecule has 1 atom stereocenters. The van der Waals surface area contributed by atoms with Crippen molar-refractivity contribution >= 4 is 5.91 Å². The van der Waals surface area contributed by atoms with Gasteiger partial charge in [-0.05, 0) is 87.0 Å². The zero-order valence-electron chi connectivity index (χ0n) is 16.7. The molecule has 0 aromatic heterocycles. The second-order valence-corrected chi connectivity index (χ2v) is 8.85. The lowest BCUT2D eigenvalue weighted by Crippen LogP contribution is -2.46. The number of hydrogen-bond donors (Lipinski definition) is 1. The van der Waals surface area contributed by atoms with E-state index >= 15 is 0 Å².